The van der Waals surface area contributed by atoms with Gasteiger partial charge in [0.1, 0.15) is 22.7 Å². The van der Waals surface area contributed by atoms with Crippen molar-refractivity contribution >= 4 is 35.1 Å². The van der Waals surface area contributed by atoms with Gasteiger partial charge in [0, 0.05) is 12.3 Å². The third-order valence-electron chi connectivity index (χ3n) is 4.82. The van der Waals surface area contributed by atoms with E-state index in [1.54, 1.807) is 6.92 Å². The average Bonchev–Trinajstić information content (AvgIpc) is 2.95. The van der Waals surface area contributed by atoms with Crippen LogP contribution in [0.25, 0.3) is 0 Å². The summed E-state index contributed by atoms with van der Waals surface area (Å²) in [6, 6.07) is 0.998. The van der Waals surface area contributed by atoms with Gasteiger partial charge in [-0.3, -0.25) is 18.9 Å². The quantitative estimate of drug-likeness (QED) is 0.173. The molecule has 1 saturated heterocycles. The number of halogens is 1. The molecule has 1 aromatic heterocycles. The summed E-state index contributed by atoms with van der Waals surface area (Å²) in [5.74, 6) is 0. The van der Waals surface area contributed by atoms with E-state index in [0.29, 0.717) is 6.42 Å². The standard InChI is InChI=1S/C12H18ClN2O14P3/c1-2-4-11-9(27-31(22,23)29-32(24,25)28-30(19,20)21)12(11,18)7(13)8(26-11)15-5-3-6(16)14-10(15)17/h3,5,7-9,18H,2,4H2,1H3,(H,22,23)(H,24,25)(H,14,16,17)(H2,19,20,21)/t7-,8+,9?,11+,12+/m0/s1. The lowest BCUT2D eigenvalue weighted by atomic mass is 10.1. The first-order valence-corrected chi connectivity index (χ1v) is 13.6. The molecule has 1 aromatic rings. The fourth-order valence-corrected chi connectivity index (χ4v) is 7.42. The van der Waals surface area contributed by atoms with Crippen molar-refractivity contribution in [1.29, 1.82) is 0 Å². The van der Waals surface area contributed by atoms with Gasteiger partial charge in [-0.05, 0) is 6.42 Å². The van der Waals surface area contributed by atoms with Crippen molar-refractivity contribution in [3.05, 3.63) is 33.1 Å². The summed E-state index contributed by atoms with van der Waals surface area (Å²) in [5.41, 5.74) is -5.57. The highest BCUT2D eigenvalue weighted by Crippen LogP contribution is 2.73. The summed E-state index contributed by atoms with van der Waals surface area (Å²) >= 11 is 6.28. The Balaban J connectivity index is 1.85. The van der Waals surface area contributed by atoms with Crippen LogP contribution in [0.4, 0.5) is 0 Å². The number of nitrogens with zero attached hydrogens (tertiary/aromatic N) is 1. The van der Waals surface area contributed by atoms with E-state index in [1.165, 1.54) is 0 Å². The van der Waals surface area contributed by atoms with E-state index >= 15 is 0 Å². The molecule has 1 aliphatic heterocycles. The highest BCUT2D eigenvalue weighted by Gasteiger charge is 2.88. The number of phosphoric ester groups is 1. The fraction of sp³-hybridized carbons (Fsp3) is 0.667. The Hall–Kier alpha value is -0.700. The Morgan fingerprint density at radius 1 is 1.19 bits per heavy atom. The van der Waals surface area contributed by atoms with Crippen LogP contribution in [0.3, 0.4) is 0 Å². The number of aliphatic hydroxyl groups is 1. The predicted molar refractivity (Wildman–Crippen MR) is 102 cm³/mol. The molecule has 0 bridgehead atoms. The lowest BCUT2D eigenvalue weighted by Gasteiger charge is -2.25. The zero-order valence-corrected chi connectivity index (χ0v) is 19.3. The number of fused-ring (bicyclic) bond motifs is 1. The minimum atomic E-state index is -5.78. The van der Waals surface area contributed by atoms with Gasteiger partial charge >= 0.3 is 29.2 Å². The van der Waals surface area contributed by atoms with E-state index in [2.05, 4.69) is 8.62 Å². The van der Waals surface area contributed by atoms with Gasteiger partial charge in [0.15, 0.2) is 6.23 Å². The molecule has 0 spiro atoms. The van der Waals surface area contributed by atoms with E-state index in [0.717, 1.165) is 16.8 Å². The number of H-pyrrole nitrogens is 1. The average molecular weight is 543 g/mol. The molecule has 7 atom stereocenters. The van der Waals surface area contributed by atoms with Crippen molar-refractivity contribution in [3.63, 3.8) is 0 Å². The van der Waals surface area contributed by atoms with Crippen molar-refractivity contribution < 1.29 is 56.3 Å². The van der Waals surface area contributed by atoms with Gasteiger partial charge in [-0.15, -0.1) is 11.6 Å². The first-order valence-electron chi connectivity index (χ1n) is 8.66. The van der Waals surface area contributed by atoms with Crippen LogP contribution >= 0.6 is 35.1 Å². The van der Waals surface area contributed by atoms with Crippen LogP contribution in [0.1, 0.15) is 26.0 Å². The summed E-state index contributed by atoms with van der Waals surface area (Å²) < 4.78 is 53.1. The van der Waals surface area contributed by atoms with Gasteiger partial charge in [0.2, 0.25) is 0 Å². The van der Waals surface area contributed by atoms with Gasteiger partial charge in [0.25, 0.3) is 5.56 Å². The van der Waals surface area contributed by atoms with Crippen LogP contribution in [0.5, 0.6) is 0 Å². The Labute approximate surface area is 183 Å². The maximum absolute atomic E-state index is 12.2. The monoisotopic (exact) mass is 542 g/mol. The topological polar surface area (TPSA) is 244 Å². The molecule has 20 heteroatoms. The Bertz CT molecular complexity index is 1160. The number of aromatic nitrogens is 2. The first-order chi connectivity index (χ1) is 14.5. The maximum Gasteiger partial charge on any atom is 0.490 e. The third-order valence-corrected chi connectivity index (χ3v) is 9.17. The van der Waals surface area contributed by atoms with Crippen molar-refractivity contribution in [2.75, 3.05) is 0 Å². The van der Waals surface area contributed by atoms with Gasteiger partial charge in [0.05, 0.1) is 0 Å². The molecule has 32 heavy (non-hydrogen) atoms. The van der Waals surface area contributed by atoms with E-state index in [1.807, 2.05) is 4.98 Å². The Kier molecular flexibility index (Phi) is 6.65. The molecule has 2 heterocycles. The molecule has 1 aliphatic carbocycles. The molecular formula is C12H18ClN2O14P3. The number of ether oxygens (including phenoxy) is 1. The number of alkyl halides is 1. The van der Waals surface area contributed by atoms with Gasteiger partial charge in [-0.25, -0.2) is 18.5 Å². The molecular weight excluding hydrogens is 525 g/mol. The highest BCUT2D eigenvalue weighted by atomic mass is 35.5. The molecule has 2 fully saturated rings. The number of aromatic amines is 1. The van der Waals surface area contributed by atoms with E-state index in [9.17, 15) is 38.2 Å². The Morgan fingerprint density at radius 3 is 2.34 bits per heavy atom. The van der Waals surface area contributed by atoms with Crippen molar-refractivity contribution in [2.45, 2.75) is 48.7 Å². The second kappa shape index (κ2) is 8.21. The first kappa shape index (κ1) is 25.9. The molecule has 0 radical (unpaired) electrons. The van der Waals surface area contributed by atoms with Gasteiger partial charge < -0.3 is 29.4 Å². The predicted octanol–water partition coefficient (Wildman–Crippen LogP) is -0.332. The fourth-order valence-electron chi connectivity index (χ4n) is 3.69. The van der Waals surface area contributed by atoms with Crippen molar-refractivity contribution in [1.82, 2.24) is 9.55 Å². The third kappa shape index (κ3) is 4.62. The molecule has 3 unspecified atom stereocenters. The lowest BCUT2D eigenvalue weighted by Crippen LogP contribution is -2.39. The van der Waals surface area contributed by atoms with Crippen LogP contribution in [-0.2, 0) is 31.6 Å². The minimum Gasteiger partial charge on any atom is -0.382 e. The number of rotatable bonds is 9. The normalized spacial score (nSPS) is 35.7. The van der Waals surface area contributed by atoms with Crippen LogP contribution < -0.4 is 11.2 Å². The van der Waals surface area contributed by atoms with Crippen LogP contribution in [0, 0.1) is 0 Å². The molecule has 182 valence electrons. The highest BCUT2D eigenvalue weighted by molar-refractivity contribution is 7.66. The van der Waals surface area contributed by atoms with Gasteiger partial charge in [-0.2, -0.15) is 8.62 Å². The van der Waals surface area contributed by atoms with Crippen LogP contribution in [-0.4, -0.2) is 56.9 Å². The molecule has 2 aliphatic rings. The van der Waals surface area contributed by atoms with Crippen LogP contribution in [0.2, 0.25) is 0 Å². The van der Waals surface area contributed by atoms with E-state index in [4.69, 9.17) is 30.6 Å². The summed E-state index contributed by atoms with van der Waals surface area (Å²) in [6.45, 7) is 1.65. The zero-order chi connectivity index (χ0) is 24.3. The lowest BCUT2D eigenvalue weighted by molar-refractivity contribution is -0.0694. The number of hydrogen-bond acceptors (Lipinski definition) is 10. The Morgan fingerprint density at radius 2 is 1.81 bits per heavy atom. The molecule has 16 nitrogen and oxygen atoms in total. The van der Waals surface area contributed by atoms with Crippen molar-refractivity contribution in [3.8, 4) is 0 Å². The maximum atomic E-state index is 12.2. The summed E-state index contributed by atoms with van der Waals surface area (Å²) in [5, 5.41) is 9.58. The zero-order valence-electron chi connectivity index (χ0n) is 15.9. The van der Waals surface area contributed by atoms with E-state index < -0.39 is 63.6 Å². The molecule has 1 saturated carbocycles. The van der Waals surface area contributed by atoms with Gasteiger partial charge in [-0.1, -0.05) is 13.3 Å². The second-order valence-corrected chi connectivity index (χ2v) is 11.8. The summed E-state index contributed by atoms with van der Waals surface area (Å²) in [4.78, 5) is 61.5. The summed E-state index contributed by atoms with van der Waals surface area (Å²) in [6.07, 6.45) is -1.69. The second-order valence-electron chi connectivity index (χ2n) is 6.97. The molecule has 6 N–H and O–H groups in total. The molecule has 0 aromatic carbocycles. The smallest absolute Gasteiger partial charge is 0.382 e. The minimum absolute atomic E-state index is 0.0260. The molecule has 3 rings (SSSR count). The largest absolute Gasteiger partial charge is 0.490 e. The van der Waals surface area contributed by atoms with E-state index in [-0.39, 0.29) is 6.42 Å². The molecule has 0 amide bonds. The SMILES string of the molecule is CCC[C@]12O[C@@H](n3ccc(=O)[nH]c3=O)[C@H](Cl)[C@@]1(O)C2OP(=O)(O)OP(=O)(O)OP(=O)(O)O. The van der Waals surface area contributed by atoms with Crippen LogP contribution in [0.15, 0.2) is 21.9 Å². The number of phosphoric acid groups is 3. The van der Waals surface area contributed by atoms with Crippen molar-refractivity contribution in [2.24, 2.45) is 0 Å². The number of hydrogen-bond donors (Lipinski definition) is 6. The summed E-state index contributed by atoms with van der Waals surface area (Å²) in [7, 11) is -17.0. The number of nitrogens with one attached hydrogen (secondary N) is 1.